The Labute approximate surface area is 153 Å². The van der Waals surface area contributed by atoms with Gasteiger partial charge in [0, 0.05) is 19.9 Å². The summed E-state index contributed by atoms with van der Waals surface area (Å²) in [4.78, 5) is 24.7. The number of nitrogens with one attached hydrogen (secondary N) is 2. The molecule has 4 nitrogen and oxygen atoms in total. The fourth-order valence-electron chi connectivity index (χ4n) is 2.97. The van der Waals surface area contributed by atoms with Crippen LogP contribution in [0.4, 0.5) is 4.39 Å². The average molecular weight is 356 g/mol. The number of hydrogen-bond acceptors (Lipinski definition) is 2. The Morgan fingerprint density at radius 1 is 1.04 bits per heavy atom. The monoisotopic (exact) mass is 356 g/mol. The fraction of sp³-hybridized carbons (Fsp3) is 0.333. The molecule has 0 heterocycles. The van der Waals surface area contributed by atoms with Crippen molar-refractivity contribution in [3.05, 3.63) is 71.5 Å². The van der Waals surface area contributed by atoms with E-state index in [0.29, 0.717) is 24.8 Å². The van der Waals surface area contributed by atoms with E-state index >= 15 is 0 Å². The summed E-state index contributed by atoms with van der Waals surface area (Å²) in [5.41, 5.74) is 0.523. The van der Waals surface area contributed by atoms with Crippen LogP contribution >= 0.6 is 0 Å². The smallest absolute Gasteiger partial charge is 0.245 e. The van der Waals surface area contributed by atoms with E-state index in [2.05, 4.69) is 10.6 Å². The number of hydrogen-bond donors (Lipinski definition) is 2. The van der Waals surface area contributed by atoms with Crippen LogP contribution in [-0.4, -0.2) is 24.4 Å². The molecule has 0 spiro atoms. The number of halogens is 1. The molecule has 0 bridgehead atoms. The molecule has 5 heteroatoms. The van der Waals surface area contributed by atoms with Crippen LogP contribution < -0.4 is 10.6 Å². The van der Waals surface area contributed by atoms with Crippen molar-refractivity contribution in [1.29, 1.82) is 0 Å². The quantitative estimate of drug-likeness (QED) is 0.764. The maximum atomic E-state index is 13.6. The number of amides is 2. The zero-order valence-corrected chi connectivity index (χ0v) is 15.2. The Morgan fingerprint density at radius 2 is 1.69 bits per heavy atom. The van der Waals surface area contributed by atoms with Gasteiger partial charge in [0.15, 0.2) is 0 Å². The lowest BCUT2D eigenvalue weighted by atomic mass is 9.91. The number of carbonyl (C=O) groups excluding carboxylic acids is 2. The van der Waals surface area contributed by atoms with Gasteiger partial charge in [-0.1, -0.05) is 48.5 Å². The summed E-state index contributed by atoms with van der Waals surface area (Å²) >= 11 is 0. The summed E-state index contributed by atoms with van der Waals surface area (Å²) < 4.78 is 13.6. The first-order valence-electron chi connectivity index (χ1n) is 8.75. The molecule has 138 valence electrons. The van der Waals surface area contributed by atoms with E-state index in [9.17, 15) is 14.0 Å². The molecule has 2 aromatic carbocycles. The number of rotatable bonds is 8. The lowest BCUT2D eigenvalue weighted by Crippen LogP contribution is -2.57. The highest BCUT2D eigenvalue weighted by molar-refractivity contribution is 5.91. The third-order valence-corrected chi connectivity index (χ3v) is 4.35. The highest BCUT2D eigenvalue weighted by Crippen LogP contribution is 2.15. The predicted molar refractivity (Wildman–Crippen MR) is 100 cm³/mol. The van der Waals surface area contributed by atoms with Crippen molar-refractivity contribution in [3.63, 3.8) is 0 Å². The molecular weight excluding hydrogens is 331 g/mol. The van der Waals surface area contributed by atoms with E-state index in [1.807, 2.05) is 30.3 Å². The van der Waals surface area contributed by atoms with Gasteiger partial charge in [0.1, 0.15) is 11.4 Å². The van der Waals surface area contributed by atoms with Gasteiger partial charge in [-0.15, -0.1) is 0 Å². The van der Waals surface area contributed by atoms with Gasteiger partial charge in [0.2, 0.25) is 11.8 Å². The first-order valence-corrected chi connectivity index (χ1v) is 8.75. The number of benzene rings is 2. The Kier molecular flexibility index (Phi) is 6.89. The SMILES string of the molecule is CNC(=O)[C@@](C)(Cc1ccccc1)NC(=O)CCCc1ccccc1F. The number of likely N-dealkylation sites (N-methyl/N-ethyl adjacent to an activating group) is 1. The molecule has 0 radical (unpaired) electrons. The molecule has 0 aliphatic rings. The maximum absolute atomic E-state index is 13.6. The standard InChI is InChI=1S/C21H25FN2O2/c1-21(20(26)23-2,15-16-9-4-3-5-10-16)24-19(25)14-8-12-17-11-6-7-13-18(17)22/h3-7,9-11,13H,8,12,14-15H2,1-2H3,(H,23,26)(H,24,25)/t21-/m1/s1. The van der Waals surface area contributed by atoms with Crippen molar-refractivity contribution in [2.45, 2.75) is 38.1 Å². The van der Waals surface area contributed by atoms with Crippen molar-refractivity contribution < 1.29 is 14.0 Å². The van der Waals surface area contributed by atoms with Gasteiger partial charge in [0.05, 0.1) is 0 Å². The van der Waals surface area contributed by atoms with E-state index in [1.165, 1.54) is 6.07 Å². The van der Waals surface area contributed by atoms with Gasteiger partial charge in [-0.05, 0) is 37.0 Å². The topological polar surface area (TPSA) is 58.2 Å². The lowest BCUT2D eigenvalue weighted by molar-refractivity contribution is -0.132. The number of carbonyl (C=O) groups is 2. The van der Waals surface area contributed by atoms with E-state index in [-0.39, 0.29) is 24.1 Å². The van der Waals surface area contributed by atoms with E-state index < -0.39 is 5.54 Å². The van der Waals surface area contributed by atoms with E-state index in [1.54, 1.807) is 32.2 Å². The summed E-state index contributed by atoms with van der Waals surface area (Å²) in [6.07, 6.45) is 1.62. The van der Waals surface area contributed by atoms with Crippen molar-refractivity contribution in [2.24, 2.45) is 0 Å². The second-order valence-electron chi connectivity index (χ2n) is 6.57. The minimum absolute atomic E-state index is 0.219. The molecule has 1 atom stereocenters. The number of aryl methyl sites for hydroxylation is 1. The molecule has 0 saturated carbocycles. The van der Waals surface area contributed by atoms with Gasteiger partial charge < -0.3 is 10.6 Å². The Morgan fingerprint density at radius 3 is 2.35 bits per heavy atom. The molecule has 2 N–H and O–H groups in total. The maximum Gasteiger partial charge on any atom is 0.245 e. The fourth-order valence-corrected chi connectivity index (χ4v) is 2.97. The third-order valence-electron chi connectivity index (χ3n) is 4.35. The second-order valence-corrected chi connectivity index (χ2v) is 6.57. The van der Waals surface area contributed by atoms with Crippen molar-refractivity contribution in [2.75, 3.05) is 7.05 Å². The third kappa shape index (κ3) is 5.41. The van der Waals surface area contributed by atoms with Crippen LogP contribution in [0.1, 0.15) is 30.9 Å². The van der Waals surface area contributed by atoms with Crippen LogP contribution in [0.5, 0.6) is 0 Å². The largest absolute Gasteiger partial charge is 0.357 e. The van der Waals surface area contributed by atoms with Gasteiger partial charge in [0.25, 0.3) is 0 Å². The zero-order chi connectivity index (χ0) is 19.0. The van der Waals surface area contributed by atoms with Crippen molar-refractivity contribution in [1.82, 2.24) is 10.6 Å². The van der Waals surface area contributed by atoms with Crippen LogP contribution in [0.25, 0.3) is 0 Å². The van der Waals surface area contributed by atoms with E-state index in [4.69, 9.17) is 0 Å². The molecule has 2 rings (SSSR count). The van der Waals surface area contributed by atoms with Gasteiger partial charge in [-0.3, -0.25) is 9.59 Å². The van der Waals surface area contributed by atoms with Crippen LogP contribution in [0.15, 0.2) is 54.6 Å². The Bertz CT molecular complexity index is 749. The minimum Gasteiger partial charge on any atom is -0.357 e. The van der Waals surface area contributed by atoms with Gasteiger partial charge in [-0.2, -0.15) is 0 Å². The highest BCUT2D eigenvalue weighted by atomic mass is 19.1. The van der Waals surface area contributed by atoms with E-state index in [0.717, 1.165) is 5.56 Å². The second kappa shape index (κ2) is 9.13. The molecule has 0 aliphatic carbocycles. The Hall–Kier alpha value is -2.69. The molecule has 0 fully saturated rings. The predicted octanol–water partition coefficient (Wildman–Crippen LogP) is 3.01. The van der Waals surface area contributed by atoms with Crippen LogP contribution in [0, 0.1) is 5.82 Å². The van der Waals surface area contributed by atoms with Gasteiger partial charge in [-0.25, -0.2) is 4.39 Å². The van der Waals surface area contributed by atoms with Crippen LogP contribution in [0.3, 0.4) is 0 Å². The minimum atomic E-state index is -1.04. The summed E-state index contributed by atoms with van der Waals surface area (Å²) in [5, 5.41) is 5.47. The zero-order valence-electron chi connectivity index (χ0n) is 15.2. The summed E-state index contributed by atoms with van der Waals surface area (Å²) in [6, 6.07) is 16.1. The lowest BCUT2D eigenvalue weighted by Gasteiger charge is -2.29. The highest BCUT2D eigenvalue weighted by Gasteiger charge is 2.34. The molecule has 26 heavy (non-hydrogen) atoms. The Balaban J connectivity index is 1.95. The molecule has 2 aromatic rings. The van der Waals surface area contributed by atoms with Crippen molar-refractivity contribution >= 4 is 11.8 Å². The molecular formula is C21H25FN2O2. The summed E-state index contributed by atoms with van der Waals surface area (Å²) in [6.45, 7) is 1.72. The average Bonchev–Trinajstić information content (AvgIpc) is 2.63. The molecule has 0 aromatic heterocycles. The summed E-state index contributed by atoms with van der Waals surface area (Å²) in [5.74, 6) is -0.723. The van der Waals surface area contributed by atoms with Crippen LogP contribution in [-0.2, 0) is 22.4 Å². The van der Waals surface area contributed by atoms with Crippen LogP contribution in [0.2, 0.25) is 0 Å². The van der Waals surface area contributed by atoms with Crippen molar-refractivity contribution in [3.8, 4) is 0 Å². The molecule has 0 saturated heterocycles. The molecule has 2 amide bonds. The molecule has 0 aliphatic heterocycles. The normalized spacial score (nSPS) is 12.9. The summed E-state index contributed by atoms with van der Waals surface area (Å²) in [7, 11) is 1.55. The molecule has 0 unspecified atom stereocenters. The first-order chi connectivity index (χ1) is 12.4. The van der Waals surface area contributed by atoms with Gasteiger partial charge >= 0.3 is 0 Å². The first kappa shape index (κ1) is 19.6.